The van der Waals surface area contributed by atoms with Crippen LogP contribution in [0.25, 0.3) is 0 Å². The van der Waals surface area contributed by atoms with Crippen molar-refractivity contribution >= 4 is 52.2 Å². The van der Waals surface area contributed by atoms with Gasteiger partial charge < -0.3 is 10.6 Å². The van der Waals surface area contributed by atoms with E-state index >= 15 is 0 Å². The summed E-state index contributed by atoms with van der Waals surface area (Å²) in [6.07, 6.45) is -4.84. The van der Waals surface area contributed by atoms with E-state index < -0.39 is 24.2 Å². The van der Waals surface area contributed by atoms with Crippen molar-refractivity contribution < 1.29 is 18.0 Å². The second kappa shape index (κ2) is 8.26. The highest BCUT2D eigenvalue weighted by Crippen LogP contribution is 2.43. The number of carbonyl (C=O) groups is 1. The van der Waals surface area contributed by atoms with Crippen molar-refractivity contribution in [3.8, 4) is 0 Å². The van der Waals surface area contributed by atoms with Crippen LogP contribution in [0.15, 0.2) is 48.5 Å². The van der Waals surface area contributed by atoms with E-state index in [9.17, 15) is 18.0 Å². The first-order valence-corrected chi connectivity index (χ1v) is 10.2. The number of hydrogen-bond acceptors (Lipinski definition) is 3. The molecule has 0 saturated heterocycles. The van der Waals surface area contributed by atoms with Crippen LogP contribution in [0.2, 0.25) is 15.1 Å². The van der Waals surface area contributed by atoms with Crippen molar-refractivity contribution in [2.75, 3.05) is 10.6 Å². The predicted octanol–water partition coefficient (Wildman–Crippen LogP) is 6.76. The molecule has 0 bridgehead atoms. The van der Waals surface area contributed by atoms with Gasteiger partial charge in [-0.15, -0.1) is 0 Å². The third-order valence-corrected chi connectivity index (χ3v) is 5.50. The number of aromatic nitrogens is 2. The quantitative estimate of drug-likeness (QED) is 0.427. The lowest BCUT2D eigenvalue weighted by Gasteiger charge is -2.33. The number of nitrogens with one attached hydrogen (secondary N) is 2. The minimum Gasteiger partial charge on any atom is -0.363 e. The Morgan fingerprint density at radius 2 is 1.68 bits per heavy atom. The highest BCUT2D eigenvalue weighted by atomic mass is 35.5. The van der Waals surface area contributed by atoms with Gasteiger partial charge in [-0.05, 0) is 35.9 Å². The molecule has 0 spiro atoms. The zero-order valence-corrected chi connectivity index (χ0v) is 17.8. The summed E-state index contributed by atoms with van der Waals surface area (Å²) in [5, 5.41) is 10.6. The Balaban J connectivity index is 1.64. The van der Waals surface area contributed by atoms with Crippen molar-refractivity contribution in [1.82, 2.24) is 9.78 Å². The number of carbonyl (C=O) groups excluding carboxylic acids is 1. The van der Waals surface area contributed by atoms with Crippen molar-refractivity contribution in [2.45, 2.75) is 24.7 Å². The SMILES string of the molecule is O=C(Nc1cc(Cl)cc(Cl)c1)c1cc2n(n1)[C@H](C(F)(F)F)C[C@H](c1ccc(Cl)cc1)N2. The van der Waals surface area contributed by atoms with Crippen molar-refractivity contribution in [3.05, 3.63) is 74.9 Å². The van der Waals surface area contributed by atoms with Crippen LogP contribution in [-0.4, -0.2) is 21.9 Å². The molecule has 1 aliphatic heterocycles. The summed E-state index contributed by atoms with van der Waals surface area (Å²) >= 11 is 17.7. The Bertz CT molecular complexity index is 1110. The molecule has 0 fully saturated rings. The maximum absolute atomic E-state index is 13.8. The van der Waals surface area contributed by atoms with Gasteiger partial charge in [0.1, 0.15) is 5.82 Å². The third kappa shape index (κ3) is 4.76. The van der Waals surface area contributed by atoms with E-state index in [1.807, 2.05) is 0 Å². The summed E-state index contributed by atoms with van der Waals surface area (Å²) in [7, 11) is 0. The standard InChI is InChI=1S/C20H14Cl3F3N4O/c21-11-3-1-10(2-4-11)15-8-17(20(24,25)26)30-18(28-15)9-16(29-30)19(31)27-14-6-12(22)5-13(23)7-14/h1-7,9,15,17,28H,8H2,(H,27,31)/t15-,17+/m1/s1. The maximum atomic E-state index is 13.8. The van der Waals surface area contributed by atoms with Gasteiger partial charge in [0.2, 0.25) is 0 Å². The summed E-state index contributed by atoms with van der Waals surface area (Å²) in [6.45, 7) is 0. The highest BCUT2D eigenvalue weighted by Gasteiger charge is 2.46. The molecule has 2 aromatic carbocycles. The fraction of sp³-hybridized carbons (Fsp3) is 0.200. The van der Waals surface area contributed by atoms with E-state index in [4.69, 9.17) is 34.8 Å². The fourth-order valence-electron chi connectivity index (χ4n) is 3.42. The zero-order valence-electron chi connectivity index (χ0n) is 15.6. The maximum Gasteiger partial charge on any atom is 0.410 e. The molecule has 3 aromatic rings. The van der Waals surface area contributed by atoms with Crippen LogP contribution in [0.4, 0.5) is 24.7 Å². The summed E-state index contributed by atoms with van der Waals surface area (Å²) in [4.78, 5) is 12.6. The molecule has 0 aliphatic carbocycles. The summed E-state index contributed by atoms with van der Waals surface area (Å²) in [5.41, 5.74) is 0.767. The van der Waals surface area contributed by atoms with Crippen LogP contribution in [-0.2, 0) is 0 Å². The molecular formula is C20H14Cl3F3N4O. The van der Waals surface area contributed by atoms with E-state index in [2.05, 4.69) is 15.7 Å². The molecular weight excluding hydrogens is 476 g/mol. The van der Waals surface area contributed by atoms with Gasteiger partial charge in [-0.2, -0.15) is 18.3 Å². The predicted molar refractivity (Wildman–Crippen MR) is 114 cm³/mol. The minimum atomic E-state index is -4.55. The van der Waals surface area contributed by atoms with Gasteiger partial charge in [0.15, 0.2) is 11.7 Å². The van der Waals surface area contributed by atoms with Crippen molar-refractivity contribution in [1.29, 1.82) is 0 Å². The van der Waals surface area contributed by atoms with Crippen LogP contribution in [0.5, 0.6) is 0 Å². The normalized spacial score (nSPS) is 18.3. The number of hydrogen-bond donors (Lipinski definition) is 2. The van der Waals surface area contributed by atoms with E-state index in [0.29, 0.717) is 26.3 Å². The highest BCUT2D eigenvalue weighted by molar-refractivity contribution is 6.35. The van der Waals surface area contributed by atoms with Gasteiger partial charge in [0.25, 0.3) is 5.91 Å². The molecule has 2 heterocycles. The molecule has 1 amide bonds. The second-order valence-corrected chi connectivity index (χ2v) is 8.32. The molecule has 2 N–H and O–H groups in total. The van der Waals surface area contributed by atoms with Gasteiger partial charge in [0.05, 0.1) is 6.04 Å². The van der Waals surface area contributed by atoms with Crippen LogP contribution in [0.3, 0.4) is 0 Å². The Morgan fingerprint density at radius 1 is 1.03 bits per heavy atom. The number of alkyl halides is 3. The average molecular weight is 490 g/mol. The summed E-state index contributed by atoms with van der Waals surface area (Å²) in [6, 6.07) is 9.73. The van der Waals surface area contributed by atoms with Crippen LogP contribution >= 0.6 is 34.8 Å². The smallest absolute Gasteiger partial charge is 0.363 e. The first kappa shape index (κ1) is 21.8. The van der Waals surface area contributed by atoms with E-state index in [-0.39, 0.29) is 17.9 Å². The summed E-state index contributed by atoms with van der Waals surface area (Å²) < 4.78 is 42.1. The van der Waals surface area contributed by atoms with Gasteiger partial charge >= 0.3 is 6.18 Å². The molecule has 0 unspecified atom stereocenters. The lowest BCUT2D eigenvalue weighted by Crippen LogP contribution is -2.35. The fourth-order valence-corrected chi connectivity index (χ4v) is 4.07. The van der Waals surface area contributed by atoms with Crippen molar-refractivity contribution in [2.24, 2.45) is 0 Å². The first-order valence-electron chi connectivity index (χ1n) is 9.06. The molecule has 2 atom stereocenters. The number of amides is 1. The topological polar surface area (TPSA) is 59.0 Å². The van der Waals surface area contributed by atoms with Gasteiger partial charge in [0, 0.05) is 33.2 Å². The number of nitrogens with zero attached hydrogens (tertiary/aromatic N) is 2. The zero-order chi connectivity index (χ0) is 22.3. The number of rotatable bonds is 3. The minimum absolute atomic E-state index is 0.0859. The monoisotopic (exact) mass is 488 g/mol. The van der Waals surface area contributed by atoms with Gasteiger partial charge in [-0.1, -0.05) is 46.9 Å². The van der Waals surface area contributed by atoms with E-state index in [1.54, 1.807) is 24.3 Å². The van der Waals surface area contributed by atoms with Crippen LogP contribution in [0, 0.1) is 0 Å². The molecule has 1 aromatic heterocycles. The summed E-state index contributed by atoms with van der Waals surface area (Å²) in [5.74, 6) is -0.603. The molecule has 4 rings (SSSR count). The Hall–Kier alpha value is -2.42. The molecule has 5 nitrogen and oxygen atoms in total. The average Bonchev–Trinajstić information content (AvgIpc) is 3.10. The second-order valence-electron chi connectivity index (χ2n) is 7.01. The Morgan fingerprint density at radius 3 is 2.29 bits per heavy atom. The van der Waals surface area contributed by atoms with Gasteiger partial charge in [-0.3, -0.25) is 4.79 Å². The molecule has 0 radical (unpaired) electrons. The number of halogens is 6. The van der Waals surface area contributed by atoms with E-state index in [0.717, 1.165) is 4.68 Å². The van der Waals surface area contributed by atoms with Gasteiger partial charge in [-0.25, -0.2) is 4.68 Å². The van der Waals surface area contributed by atoms with Crippen LogP contribution < -0.4 is 10.6 Å². The Kier molecular flexibility index (Phi) is 5.81. The third-order valence-electron chi connectivity index (χ3n) is 4.82. The largest absolute Gasteiger partial charge is 0.410 e. The molecule has 31 heavy (non-hydrogen) atoms. The molecule has 1 aliphatic rings. The molecule has 11 heteroatoms. The number of benzene rings is 2. The van der Waals surface area contributed by atoms with Crippen molar-refractivity contribution in [3.63, 3.8) is 0 Å². The molecule has 162 valence electrons. The Labute approximate surface area is 190 Å². The number of anilines is 2. The lowest BCUT2D eigenvalue weighted by atomic mass is 9.97. The van der Waals surface area contributed by atoms with E-state index in [1.165, 1.54) is 24.3 Å². The molecule has 0 saturated carbocycles. The lowest BCUT2D eigenvalue weighted by molar-refractivity contribution is -0.173. The number of fused-ring (bicyclic) bond motifs is 1. The first-order chi connectivity index (χ1) is 14.6. The van der Waals surface area contributed by atoms with Crippen LogP contribution in [0.1, 0.15) is 34.6 Å².